The molecule has 2 rings (SSSR count). The maximum Gasteiger partial charge on any atom is 0.0825 e. The summed E-state index contributed by atoms with van der Waals surface area (Å²) in [5.41, 5.74) is 4.63. The molecule has 0 aliphatic rings. The first-order valence-corrected chi connectivity index (χ1v) is 7.05. The third-order valence-electron chi connectivity index (χ3n) is 3.49. The van der Waals surface area contributed by atoms with E-state index >= 15 is 0 Å². The molecule has 0 spiro atoms. The number of hydrogen-bond donors (Lipinski definition) is 2. The van der Waals surface area contributed by atoms with Gasteiger partial charge in [-0.2, -0.15) is 5.10 Å². The molecule has 1 unspecified atom stereocenters. The third kappa shape index (κ3) is 3.37. The van der Waals surface area contributed by atoms with Crippen LogP contribution in [0.15, 0.2) is 30.3 Å². The van der Waals surface area contributed by atoms with E-state index in [2.05, 4.69) is 59.7 Å². The molecule has 1 atom stereocenters. The number of benzene rings is 1. The molecule has 2 N–H and O–H groups in total. The van der Waals surface area contributed by atoms with E-state index in [4.69, 9.17) is 0 Å². The minimum absolute atomic E-state index is 0.358. The summed E-state index contributed by atoms with van der Waals surface area (Å²) in [5, 5.41) is 10.9. The van der Waals surface area contributed by atoms with Crippen LogP contribution in [0.4, 0.5) is 5.69 Å². The van der Waals surface area contributed by atoms with Gasteiger partial charge in [-0.1, -0.05) is 50.1 Å². The van der Waals surface area contributed by atoms with Gasteiger partial charge in [-0.25, -0.2) is 0 Å². The summed E-state index contributed by atoms with van der Waals surface area (Å²) in [5.74, 6) is 0. The summed E-state index contributed by atoms with van der Waals surface area (Å²) >= 11 is 0. The molecule has 0 aliphatic carbocycles. The number of hydrogen-bond acceptors (Lipinski definition) is 2. The van der Waals surface area contributed by atoms with Crippen molar-refractivity contribution < 1.29 is 0 Å². The molecule has 1 aromatic heterocycles. The Balaban J connectivity index is 2.19. The van der Waals surface area contributed by atoms with Crippen LogP contribution in [0, 0.1) is 13.8 Å². The second kappa shape index (κ2) is 6.41. The number of anilines is 1. The Morgan fingerprint density at radius 3 is 2.53 bits per heavy atom. The van der Waals surface area contributed by atoms with Crippen molar-refractivity contribution in [3.63, 3.8) is 0 Å². The molecule has 3 nitrogen and oxygen atoms in total. The number of aromatic nitrogens is 2. The topological polar surface area (TPSA) is 40.7 Å². The quantitative estimate of drug-likeness (QED) is 0.806. The minimum Gasteiger partial charge on any atom is -0.375 e. The first-order valence-electron chi connectivity index (χ1n) is 7.05. The standard InChI is InChI=1S/C16H23N3/c1-4-5-11-15(14-9-7-6-8-10-14)17-16-12(2)18-19-13(16)3/h6-10,15,17H,4-5,11H2,1-3H3,(H,18,19). The fourth-order valence-corrected chi connectivity index (χ4v) is 2.35. The van der Waals surface area contributed by atoms with Crippen LogP contribution in [0.5, 0.6) is 0 Å². The largest absolute Gasteiger partial charge is 0.375 e. The second-order valence-corrected chi connectivity index (χ2v) is 5.06. The van der Waals surface area contributed by atoms with Crippen molar-refractivity contribution in [1.82, 2.24) is 10.2 Å². The summed E-state index contributed by atoms with van der Waals surface area (Å²) in [6.07, 6.45) is 3.58. The van der Waals surface area contributed by atoms with Crippen molar-refractivity contribution in [3.05, 3.63) is 47.3 Å². The fourth-order valence-electron chi connectivity index (χ4n) is 2.35. The fraction of sp³-hybridized carbons (Fsp3) is 0.438. The van der Waals surface area contributed by atoms with Crippen LogP contribution in [0.25, 0.3) is 0 Å². The average Bonchev–Trinajstić information content (AvgIpc) is 2.75. The number of aryl methyl sites for hydroxylation is 2. The van der Waals surface area contributed by atoms with Crippen LogP contribution in [0.3, 0.4) is 0 Å². The minimum atomic E-state index is 0.358. The summed E-state index contributed by atoms with van der Waals surface area (Å²) in [7, 11) is 0. The van der Waals surface area contributed by atoms with Gasteiger partial charge >= 0.3 is 0 Å². The van der Waals surface area contributed by atoms with Gasteiger partial charge in [0.2, 0.25) is 0 Å². The summed E-state index contributed by atoms with van der Waals surface area (Å²) in [4.78, 5) is 0. The van der Waals surface area contributed by atoms with Gasteiger partial charge in [0, 0.05) is 0 Å². The van der Waals surface area contributed by atoms with Crippen molar-refractivity contribution >= 4 is 5.69 Å². The van der Waals surface area contributed by atoms with Crippen LogP contribution >= 0.6 is 0 Å². The van der Waals surface area contributed by atoms with Crippen LogP contribution in [-0.4, -0.2) is 10.2 Å². The van der Waals surface area contributed by atoms with Crippen molar-refractivity contribution in [1.29, 1.82) is 0 Å². The van der Waals surface area contributed by atoms with Crippen molar-refractivity contribution in [2.75, 3.05) is 5.32 Å². The first-order chi connectivity index (χ1) is 9.22. The lowest BCUT2D eigenvalue weighted by molar-refractivity contribution is 0.634. The van der Waals surface area contributed by atoms with E-state index in [0.29, 0.717) is 6.04 Å². The van der Waals surface area contributed by atoms with Gasteiger partial charge in [0.25, 0.3) is 0 Å². The van der Waals surface area contributed by atoms with Crippen molar-refractivity contribution in [3.8, 4) is 0 Å². The first kappa shape index (κ1) is 13.7. The van der Waals surface area contributed by atoms with Crippen LogP contribution in [0.1, 0.15) is 49.2 Å². The lowest BCUT2D eigenvalue weighted by Crippen LogP contribution is -2.11. The predicted molar refractivity (Wildman–Crippen MR) is 80.4 cm³/mol. The number of rotatable bonds is 6. The van der Waals surface area contributed by atoms with Gasteiger partial charge in [0.05, 0.1) is 23.1 Å². The van der Waals surface area contributed by atoms with Gasteiger partial charge in [-0.05, 0) is 25.8 Å². The highest BCUT2D eigenvalue weighted by molar-refractivity contribution is 5.53. The maximum absolute atomic E-state index is 4.26. The van der Waals surface area contributed by atoms with Gasteiger partial charge < -0.3 is 5.32 Å². The number of nitrogens with zero attached hydrogens (tertiary/aromatic N) is 1. The molecule has 0 aliphatic heterocycles. The van der Waals surface area contributed by atoms with E-state index in [0.717, 1.165) is 23.5 Å². The van der Waals surface area contributed by atoms with E-state index in [1.165, 1.54) is 18.4 Å². The number of aromatic amines is 1. The zero-order chi connectivity index (χ0) is 13.7. The van der Waals surface area contributed by atoms with Crippen LogP contribution in [-0.2, 0) is 0 Å². The lowest BCUT2D eigenvalue weighted by atomic mass is 10.0. The van der Waals surface area contributed by atoms with E-state index < -0.39 is 0 Å². The summed E-state index contributed by atoms with van der Waals surface area (Å²) < 4.78 is 0. The van der Waals surface area contributed by atoms with Gasteiger partial charge in [0.15, 0.2) is 0 Å². The number of unbranched alkanes of at least 4 members (excludes halogenated alkanes) is 1. The molecule has 0 bridgehead atoms. The Morgan fingerprint density at radius 1 is 1.21 bits per heavy atom. The maximum atomic E-state index is 4.26. The normalized spacial score (nSPS) is 12.4. The molecule has 3 heteroatoms. The molecular formula is C16H23N3. The molecule has 1 heterocycles. The third-order valence-corrected chi connectivity index (χ3v) is 3.49. The second-order valence-electron chi connectivity index (χ2n) is 5.06. The van der Waals surface area contributed by atoms with E-state index in [9.17, 15) is 0 Å². The Hall–Kier alpha value is -1.77. The van der Waals surface area contributed by atoms with Crippen LogP contribution in [0.2, 0.25) is 0 Å². The lowest BCUT2D eigenvalue weighted by Gasteiger charge is -2.20. The van der Waals surface area contributed by atoms with Gasteiger partial charge in [-0.15, -0.1) is 0 Å². The smallest absolute Gasteiger partial charge is 0.0825 e. The molecule has 19 heavy (non-hydrogen) atoms. The number of nitrogens with one attached hydrogen (secondary N) is 2. The zero-order valence-electron chi connectivity index (χ0n) is 12.0. The molecule has 2 aromatic rings. The molecule has 0 amide bonds. The van der Waals surface area contributed by atoms with Gasteiger partial charge in [-0.3, -0.25) is 5.10 Å². The SMILES string of the molecule is CCCCC(Nc1c(C)n[nH]c1C)c1ccccc1. The molecule has 0 radical (unpaired) electrons. The molecule has 0 saturated heterocycles. The van der Waals surface area contributed by atoms with Crippen molar-refractivity contribution in [2.45, 2.75) is 46.1 Å². The van der Waals surface area contributed by atoms with E-state index in [1.54, 1.807) is 0 Å². The Kier molecular flexibility index (Phi) is 4.61. The highest BCUT2D eigenvalue weighted by atomic mass is 15.2. The number of H-pyrrole nitrogens is 1. The molecular weight excluding hydrogens is 234 g/mol. The summed E-state index contributed by atoms with van der Waals surface area (Å²) in [6, 6.07) is 11.0. The van der Waals surface area contributed by atoms with E-state index in [1.807, 2.05) is 6.92 Å². The monoisotopic (exact) mass is 257 g/mol. The van der Waals surface area contributed by atoms with Crippen LogP contribution < -0.4 is 5.32 Å². The summed E-state index contributed by atoms with van der Waals surface area (Å²) in [6.45, 7) is 6.33. The average molecular weight is 257 g/mol. The van der Waals surface area contributed by atoms with Crippen molar-refractivity contribution in [2.24, 2.45) is 0 Å². The highest BCUT2D eigenvalue weighted by Crippen LogP contribution is 2.27. The predicted octanol–water partition coefficient (Wildman–Crippen LogP) is 4.37. The van der Waals surface area contributed by atoms with E-state index in [-0.39, 0.29) is 0 Å². The zero-order valence-corrected chi connectivity index (χ0v) is 12.0. The van der Waals surface area contributed by atoms with Gasteiger partial charge in [0.1, 0.15) is 0 Å². The Bertz CT molecular complexity index is 482. The highest BCUT2D eigenvalue weighted by Gasteiger charge is 2.14. The molecule has 1 aromatic carbocycles. The Labute approximate surface area is 115 Å². The molecule has 0 fully saturated rings. The molecule has 0 saturated carbocycles. The Morgan fingerprint density at radius 2 is 1.95 bits per heavy atom. The molecule has 102 valence electrons.